The Hall–Kier alpha value is -2.31. The second-order valence-corrected chi connectivity index (χ2v) is 7.66. The molecule has 5 nitrogen and oxygen atoms in total. The van der Waals surface area contributed by atoms with Gasteiger partial charge in [-0.25, -0.2) is 0 Å². The molecule has 1 heterocycles. The van der Waals surface area contributed by atoms with Gasteiger partial charge in [-0.1, -0.05) is 23.7 Å². The molecule has 27 heavy (non-hydrogen) atoms. The molecule has 2 aromatic carbocycles. The Morgan fingerprint density at radius 1 is 1.19 bits per heavy atom. The normalized spacial score (nSPS) is 13.6. The van der Waals surface area contributed by atoms with Crippen LogP contribution in [0.3, 0.4) is 0 Å². The minimum Gasteiger partial charge on any atom is -0.419 e. The van der Waals surface area contributed by atoms with Crippen LogP contribution < -0.4 is 0 Å². The fraction of sp³-hybridized carbons (Fsp3) is 0.250. The highest BCUT2D eigenvalue weighted by Crippen LogP contribution is 2.32. The molecule has 1 aliphatic rings. The lowest BCUT2D eigenvalue weighted by atomic mass is 10.2. The van der Waals surface area contributed by atoms with Gasteiger partial charge in [0.15, 0.2) is 0 Å². The Balaban J connectivity index is 1.56. The van der Waals surface area contributed by atoms with Crippen LogP contribution in [-0.2, 0) is 6.54 Å². The summed E-state index contributed by atoms with van der Waals surface area (Å²) in [5.41, 5.74) is 1.52. The van der Waals surface area contributed by atoms with Crippen LogP contribution in [0, 0.1) is 0 Å². The molecule has 0 unspecified atom stereocenters. The molecule has 3 aromatic rings. The van der Waals surface area contributed by atoms with Crippen molar-refractivity contribution in [2.24, 2.45) is 0 Å². The Bertz CT molecular complexity index is 954. The highest BCUT2D eigenvalue weighted by Gasteiger charge is 2.35. The quantitative estimate of drug-likeness (QED) is 0.551. The van der Waals surface area contributed by atoms with E-state index in [1.807, 2.05) is 47.6 Å². The number of hydrogen-bond donors (Lipinski definition) is 0. The third-order valence-electron chi connectivity index (χ3n) is 4.45. The van der Waals surface area contributed by atoms with Crippen molar-refractivity contribution >= 4 is 29.3 Å². The van der Waals surface area contributed by atoms with Crippen LogP contribution in [0.1, 0.15) is 29.1 Å². The Morgan fingerprint density at radius 2 is 1.93 bits per heavy atom. The first kappa shape index (κ1) is 18.1. The van der Waals surface area contributed by atoms with E-state index in [0.717, 1.165) is 23.3 Å². The van der Waals surface area contributed by atoms with Gasteiger partial charge >= 0.3 is 0 Å². The molecule has 1 amide bonds. The highest BCUT2D eigenvalue weighted by atomic mass is 35.5. The molecular weight excluding hydrogens is 382 g/mol. The molecule has 0 atom stereocenters. The smallest absolute Gasteiger partial charge is 0.255 e. The molecule has 138 valence electrons. The van der Waals surface area contributed by atoms with Crippen molar-refractivity contribution in [3.63, 3.8) is 0 Å². The number of halogens is 1. The van der Waals surface area contributed by atoms with E-state index in [1.54, 1.807) is 23.9 Å². The summed E-state index contributed by atoms with van der Waals surface area (Å²) < 4.78 is 5.80. The van der Waals surface area contributed by atoms with Crippen molar-refractivity contribution in [3.8, 4) is 11.5 Å². The van der Waals surface area contributed by atoms with Gasteiger partial charge in [-0.15, -0.1) is 22.0 Å². The lowest BCUT2D eigenvalue weighted by Crippen LogP contribution is -2.33. The predicted molar refractivity (Wildman–Crippen MR) is 106 cm³/mol. The van der Waals surface area contributed by atoms with Crippen molar-refractivity contribution < 1.29 is 9.21 Å². The van der Waals surface area contributed by atoms with E-state index in [9.17, 15) is 4.79 Å². The summed E-state index contributed by atoms with van der Waals surface area (Å²) in [5.74, 6) is 0.866. The summed E-state index contributed by atoms with van der Waals surface area (Å²) in [5, 5.41) is 8.90. The molecule has 4 rings (SSSR count). The first-order valence-corrected chi connectivity index (χ1v) is 10.3. The molecule has 0 spiro atoms. The lowest BCUT2D eigenvalue weighted by molar-refractivity contribution is 0.0711. The van der Waals surface area contributed by atoms with Gasteiger partial charge < -0.3 is 9.32 Å². The van der Waals surface area contributed by atoms with Crippen molar-refractivity contribution in [1.29, 1.82) is 0 Å². The van der Waals surface area contributed by atoms with Crippen LogP contribution in [0.25, 0.3) is 11.5 Å². The zero-order valence-corrected chi connectivity index (χ0v) is 16.3. The largest absolute Gasteiger partial charge is 0.419 e. The minimum absolute atomic E-state index is 0.00805. The van der Waals surface area contributed by atoms with E-state index in [4.69, 9.17) is 16.0 Å². The number of amides is 1. The van der Waals surface area contributed by atoms with Crippen LogP contribution in [-0.4, -0.2) is 33.3 Å². The molecule has 0 aliphatic heterocycles. The zero-order chi connectivity index (χ0) is 18.8. The van der Waals surface area contributed by atoms with Gasteiger partial charge in [0, 0.05) is 21.5 Å². The van der Waals surface area contributed by atoms with Crippen LogP contribution in [0.4, 0.5) is 0 Å². The minimum atomic E-state index is 0.00805. The number of aromatic nitrogens is 2. The van der Waals surface area contributed by atoms with Gasteiger partial charge in [-0.05, 0) is 55.5 Å². The van der Waals surface area contributed by atoms with Gasteiger partial charge in [-0.2, -0.15) is 0 Å². The molecule has 0 radical (unpaired) electrons. The molecule has 0 saturated heterocycles. The second-order valence-electron chi connectivity index (χ2n) is 6.37. The van der Waals surface area contributed by atoms with E-state index >= 15 is 0 Å². The van der Waals surface area contributed by atoms with E-state index in [2.05, 4.69) is 10.2 Å². The van der Waals surface area contributed by atoms with Gasteiger partial charge in [0.2, 0.25) is 11.8 Å². The zero-order valence-electron chi connectivity index (χ0n) is 14.8. The average molecular weight is 400 g/mol. The molecule has 1 fully saturated rings. The maximum absolute atomic E-state index is 13.1. The summed E-state index contributed by atoms with van der Waals surface area (Å²) in [6, 6.07) is 15.1. The summed E-state index contributed by atoms with van der Waals surface area (Å²) in [4.78, 5) is 15.9. The van der Waals surface area contributed by atoms with Gasteiger partial charge in [-0.3, -0.25) is 4.79 Å². The average Bonchev–Trinajstić information content (AvgIpc) is 3.44. The summed E-state index contributed by atoms with van der Waals surface area (Å²) in [6.45, 7) is 0.312. The Labute approximate surface area is 166 Å². The SMILES string of the molecule is CSc1ccccc1C(=O)N(Cc1nnc(-c2ccc(Cl)cc2)o1)C1CC1. The monoisotopic (exact) mass is 399 g/mol. The summed E-state index contributed by atoms with van der Waals surface area (Å²) in [6.07, 6.45) is 3.99. The highest BCUT2D eigenvalue weighted by molar-refractivity contribution is 7.98. The van der Waals surface area contributed by atoms with Gasteiger partial charge in [0.25, 0.3) is 5.91 Å². The predicted octanol–water partition coefficient (Wildman–Crippen LogP) is 4.92. The number of thioether (sulfide) groups is 1. The van der Waals surface area contributed by atoms with Gasteiger partial charge in [0.05, 0.1) is 12.1 Å². The number of rotatable bonds is 6. The molecule has 1 saturated carbocycles. The van der Waals surface area contributed by atoms with E-state index in [1.165, 1.54) is 0 Å². The number of carbonyl (C=O) groups excluding carboxylic acids is 1. The van der Waals surface area contributed by atoms with Crippen molar-refractivity contribution in [3.05, 3.63) is 65.0 Å². The number of hydrogen-bond acceptors (Lipinski definition) is 5. The molecule has 0 bridgehead atoms. The second kappa shape index (κ2) is 7.74. The number of nitrogens with zero attached hydrogens (tertiary/aromatic N) is 3. The summed E-state index contributed by atoms with van der Waals surface area (Å²) in [7, 11) is 0. The lowest BCUT2D eigenvalue weighted by Gasteiger charge is -2.21. The Morgan fingerprint density at radius 3 is 2.63 bits per heavy atom. The molecular formula is C20H18ClN3O2S. The standard InChI is InChI=1S/C20H18ClN3O2S/c1-27-17-5-3-2-4-16(17)20(25)24(15-10-11-15)12-18-22-23-19(26-18)13-6-8-14(21)9-7-13/h2-9,15H,10-12H2,1H3. The van der Waals surface area contributed by atoms with Crippen molar-refractivity contribution in [2.75, 3.05) is 6.26 Å². The van der Waals surface area contributed by atoms with E-state index in [-0.39, 0.29) is 11.9 Å². The topological polar surface area (TPSA) is 59.2 Å². The molecule has 1 aliphatic carbocycles. The molecule has 7 heteroatoms. The van der Waals surface area contributed by atoms with Gasteiger partial charge in [0.1, 0.15) is 0 Å². The number of carbonyl (C=O) groups is 1. The first-order valence-electron chi connectivity index (χ1n) is 8.68. The summed E-state index contributed by atoms with van der Waals surface area (Å²) >= 11 is 7.49. The molecule has 1 aromatic heterocycles. The maximum Gasteiger partial charge on any atom is 0.255 e. The third-order valence-corrected chi connectivity index (χ3v) is 5.50. The third kappa shape index (κ3) is 4.01. The van der Waals surface area contributed by atoms with Crippen molar-refractivity contribution in [1.82, 2.24) is 15.1 Å². The fourth-order valence-electron chi connectivity index (χ4n) is 2.90. The first-order chi connectivity index (χ1) is 13.2. The van der Waals surface area contributed by atoms with E-state index < -0.39 is 0 Å². The van der Waals surface area contributed by atoms with E-state index in [0.29, 0.717) is 28.9 Å². The molecule has 0 N–H and O–H groups in total. The maximum atomic E-state index is 13.1. The number of benzene rings is 2. The Kier molecular flexibility index (Phi) is 5.18. The van der Waals surface area contributed by atoms with Crippen LogP contribution in [0.5, 0.6) is 0 Å². The van der Waals surface area contributed by atoms with Crippen LogP contribution >= 0.6 is 23.4 Å². The van der Waals surface area contributed by atoms with Crippen LogP contribution in [0.2, 0.25) is 5.02 Å². The van der Waals surface area contributed by atoms with Crippen LogP contribution in [0.15, 0.2) is 57.8 Å². The van der Waals surface area contributed by atoms with Crippen molar-refractivity contribution in [2.45, 2.75) is 30.3 Å². The fourth-order valence-corrected chi connectivity index (χ4v) is 3.62.